The molecule has 10 heteroatoms. The molecule has 0 saturated carbocycles. The van der Waals surface area contributed by atoms with Crippen LogP contribution in [0.5, 0.6) is 11.5 Å². The standard InChI is InChI=1S/C27H31N3O6S/c1-4-29-15-22(27(32)28-12-19-5-8-24-25(10-19)36-16-35-24)26(31)21-11-20(6-7-23(21)29)37(33,34)30-13-17(2)9-18(3)14-30/h5-8,10-11,15,17-18H,4,9,12-14,16H2,1-3H3,(H,28,32)/t17-,18-/m1/s1. The lowest BCUT2D eigenvalue weighted by Gasteiger charge is -2.34. The first-order valence-corrected chi connectivity index (χ1v) is 14.0. The largest absolute Gasteiger partial charge is 0.454 e. The van der Waals surface area contributed by atoms with E-state index in [4.69, 9.17) is 9.47 Å². The van der Waals surface area contributed by atoms with E-state index < -0.39 is 21.4 Å². The molecular weight excluding hydrogens is 494 g/mol. The van der Waals surface area contributed by atoms with E-state index in [2.05, 4.69) is 5.32 Å². The van der Waals surface area contributed by atoms with Crippen molar-refractivity contribution in [1.82, 2.24) is 14.2 Å². The molecule has 1 amide bonds. The van der Waals surface area contributed by atoms with Gasteiger partial charge in [-0.25, -0.2) is 8.42 Å². The Morgan fingerprint density at radius 1 is 1.05 bits per heavy atom. The van der Waals surface area contributed by atoms with Gasteiger partial charge in [0.25, 0.3) is 5.91 Å². The van der Waals surface area contributed by atoms with E-state index in [1.807, 2.05) is 26.8 Å². The van der Waals surface area contributed by atoms with Gasteiger partial charge in [-0.1, -0.05) is 19.9 Å². The molecule has 0 spiro atoms. The summed E-state index contributed by atoms with van der Waals surface area (Å²) in [6, 6.07) is 9.99. The van der Waals surface area contributed by atoms with E-state index in [0.717, 1.165) is 12.0 Å². The lowest BCUT2D eigenvalue weighted by atomic mass is 9.94. The lowest BCUT2D eigenvalue weighted by molar-refractivity contribution is 0.0949. The van der Waals surface area contributed by atoms with Crippen molar-refractivity contribution in [2.75, 3.05) is 19.9 Å². The number of carbonyl (C=O) groups excluding carboxylic acids is 1. The van der Waals surface area contributed by atoms with Crippen molar-refractivity contribution >= 4 is 26.8 Å². The lowest BCUT2D eigenvalue weighted by Crippen LogP contribution is -2.42. The monoisotopic (exact) mass is 525 g/mol. The summed E-state index contributed by atoms with van der Waals surface area (Å²) in [7, 11) is -3.78. The molecule has 2 aromatic carbocycles. The highest BCUT2D eigenvalue weighted by molar-refractivity contribution is 7.89. The third-order valence-electron chi connectivity index (χ3n) is 7.00. The van der Waals surface area contributed by atoms with E-state index in [1.54, 1.807) is 28.8 Å². The first kappa shape index (κ1) is 25.3. The quantitative estimate of drug-likeness (QED) is 0.529. The number of fused-ring (bicyclic) bond motifs is 2. The fourth-order valence-corrected chi connectivity index (χ4v) is 6.95. The molecule has 1 N–H and O–H groups in total. The van der Waals surface area contributed by atoms with E-state index in [1.165, 1.54) is 16.6 Å². The van der Waals surface area contributed by atoms with Gasteiger partial charge in [-0.2, -0.15) is 4.31 Å². The van der Waals surface area contributed by atoms with Gasteiger partial charge in [-0.3, -0.25) is 9.59 Å². The predicted molar refractivity (Wildman–Crippen MR) is 139 cm³/mol. The molecule has 1 fully saturated rings. The summed E-state index contributed by atoms with van der Waals surface area (Å²) in [5, 5.41) is 3.00. The van der Waals surface area contributed by atoms with Crippen LogP contribution in [0, 0.1) is 11.8 Å². The van der Waals surface area contributed by atoms with Crippen molar-refractivity contribution < 1.29 is 22.7 Å². The number of hydrogen-bond donors (Lipinski definition) is 1. The Kier molecular flexibility index (Phi) is 6.72. The maximum absolute atomic E-state index is 13.5. The molecule has 0 radical (unpaired) electrons. The predicted octanol–water partition coefficient (Wildman–Crippen LogP) is 3.35. The number of nitrogens with zero attached hydrogens (tertiary/aromatic N) is 2. The molecule has 2 atom stereocenters. The van der Waals surface area contributed by atoms with Crippen LogP contribution in [0.15, 0.2) is 52.3 Å². The van der Waals surface area contributed by atoms with Crippen LogP contribution in [0.4, 0.5) is 0 Å². The molecule has 0 aliphatic carbocycles. The van der Waals surface area contributed by atoms with Crippen LogP contribution in [-0.4, -0.2) is 43.1 Å². The van der Waals surface area contributed by atoms with Gasteiger partial charge in [0, 0.05) is 37.8 Å². The number of nitrogens with one attached hydrogen (secondary N) is 1. The average molecular weight is 526 g/mol. The van der Waals surface area contributed by atoms with Crippen LogP contribution < -0.4 is 20.2 Å². The van der Waals surface area contributed by atoms with Crippen molar-refractivity contribution in [2.45, 2.75) is 45.2 Å². The van der Waals surface area contributed by atoms with Gasteiger partial charge in [0.15, 0.2) is 11.5 Å². The number of pyridine rings is 1. The summed E-state index contributed by atoms with van der Waals surface area (Å²) in [6.07, 6.45) is 2.51. The Labute approximate surface area is 216 Å². The summed E-state index contributed by atoms with van der Waals surface area (Å²) in [6.45, 7) is 7.76. The van der Waals surface area contributed by atoms with Gasteiger partial charge in [-0.15, -0.1) is 0 Å². The number of amides is 1. The zero-order chi connectivity index (χ0) is 26.3. The van der Waals surface area contributed by atoms with Gasteiger partial charge in [0.1, 0.15) is 5.56 Å². The fourth-order valence-electron chi connectivity index (χ4n) is 5.24. The number of hydrogen-bond acceptors (Lipinski definition) is 6. The van der Waals surface area contributed by atoms with Crippen molar-refractivity contribution in [1.29, 1.82) is 0 Å². The van der Waals surface area contributed by atoms with Crippen LogP contribution in [-0.2, 0) is 23.1 Å². The molecule has 5 rings (SSSR count). The molecule has 3 aromatic rings. The zero-order valence-corrected chi connectivity index (χ0v) is 22.0. The first-order chi connectivity index (χ1) is 17.7. The van der Waals surface area contributed by atoms with Crippen LogP contribution in [0.1, 0.15) is 43.1 Å². The SMILES string of the molecule is CCn1cc(C(=O)NCc2ccc3c(c2)OCO3)c(=O)c2cc(S(=O)(=O)N3C[C@H](C)C[C@@H](C)C3)ccc21. The Hall–Kier alpha value is -3.37. The second kappa shape index (κ2) is 9.83. The second-order valence-electron chi connectivity index (χ2n) is 9.98. The Morgan fingerprint density at radius 2 is 1.78 bits per heavy atom. The summed E-state index contributed by atoms with van der Waals surface area (Å²) in [5.41, 5.74) is 0.844. The summed E-state index contributed by atoms with van der Waals surface area (Å²) < 4.78 is 40.9. The van der Waals surface area contributed by atoms with Crippen molar-refractivity contribution in [3.05, 3.63) is 63.9 Å². The number of carbonyl (C=O) groups is 1. The fraction of sp³-hybridized carbons (Fsp3) is 0.407. The minimum absolute atomic E-state index is 0.0372. The van der Waals surface area contributed by atoms with Crippen LogP contribution in [0.2, 0.25) is 0 Å². The summed E-state index contributed by atoms with van der Waals surface area (Å²) >= 11 is 0. The summed E-state index contributed by atoms with van der Waals surface area (Å²) in [4.78, 5) is 26.6. The van der Waals surface area contributed by atoms with Crippen LogP contribution in [0.25, 0.3) is 10.9 Å². The third-order valence-corrected chi connectivity index (χ3v) is 8.83. The van der Waals surface area contributed by atoms with Gasteiger partial charge in [0.05, 0.1) is 10.4 Å². The molecule has 3 heterocycles. The molecule has 196 valence electrons. The number of benzene rings is 2. The topological polar surface area (TPSA) is 107 Å². The molecule has 1 aromatic heterocycles. The molecule has 2 aliphatic heterocycles. The number of rotatable bonds is 6. The Bertz CT molecular complexity index is 1520. The number of aromatic nitrogens is 1. The third kappa shape index (κ3) is 4.83. The smallest absolute Gasteiger partial charge is 0.257 e. The number of ether oxygens (including phenoxy) is 2. The maximum atomic E-state index is 13.5. The highest BCUT2D eigenvalue weighted by Gasteiger charge is 2.32. The Morgan fingerprint density at radius 3 is 2.51 bits per heavy atom. The van der Waals surface area contributed by atoms with Gasteiger partial charge < -0.3 is 19.4 Å². The molecular formula is C27H31N3O6S. The second-order valence-corrected chi connectivity index (χ2v) is 11.9. The van der Waals surface area contributed by atoms with Crippen LogP contribution >= 0.6 is 0 Å². The number of sulfonamides is 1. The van der Waals surface area contributed by atoms with Gasteiger partial charge >= 0.3 is 0 Å². The van der Waals surface area contributed by atoms with Crippen LogP contribution in [0.3, 0.4) is 0 Å². The van der Waals surface area contributed by atoms with Crippen molar-refractivity contribution in [2.24, 2.45) is 11.8 Å². The highest BCUT2D eigenvalue weighted by atomic mass is 32.2. The average Bonchev–Trinajstić information content (AvgIpc) is 3.35. The molecule has 37 heavy (non-hydrogen) atoms. The number of aryl methyl sites for hydroxylation is 1. The zero-order valence-electron chi connectivity index (χ0n) is 21.2. The van der Waals surface area contributed by atoms with Gasteiger partial charge in [-0.05, 0) is 61.1 Å². The molecule has 0 unspecified atom stereocenters. The maximum Gasteiger partial charge on any atom is 0.257 e. The van der Waals surface area contributed by atoms with E-state index in [0.29, 0.717) is 36.6 Å². The normalized spacial score (nSPS) is 19.8. The Balaban J connectivity index is 1.46. The van der Waals surface area contributed by atoms with Gasteiger partial charge in [0.2, 0.25) is 22.2 Å². The highest BCUT2D eigenvalue weighted by Crippen LogP contribution is 2.32. The minimum atomic E-state index is -3.78. The molecule has 0 bridgehead atoms. The van der Waals surface area contributed by atoms with E-state index >= 15 is 0 Å². The first-order valence-electron chi connectivity index (χ1n) is 12.5. The molecule has 9 nitrogen and oxygen atoms in total. The van der Waals surface area contributed by atoms with E-state index in [9.17, 15) is 18.0 Å². The molecule has 2 aliphatic rings. The summed E-state index contributed by atoms with van der Waals surface area (Å²) in [5.74, 6) is 1.25. The number of piperidine rings is 1. The molecule has 1 saturated heterocycles. The minimum Gasteiger partial charge on any atom is -0.454 e. The van der Waals surface area contributed by atoms with Crippen molar-refractivity contribution in [3.63, 3.8) is 0 Å². The van der Waals surface area contributed by atoms with Crippen molar-refractivity contribution in [3.8, 4) is 11.5 Å². The van der Waals surface area contributed by atoms with E-state index in [-0.39, 0.29) is 41.0 Å².